The number of oxazole rings is 1. The van der Waals surface area contributed by atoms with E-state index in [9.17, 15) is 0 Å². The number of nitrogen functional groups attached to an aromatic ring is 1. The van der Waals surface area contributed by atoms with Crippen molar-refractivity contribution < 1.29 is 4.42 Å². The topological polar surface area (TPSA) is 64.1 Å². The third-order valence-corrected chi connectivity index (χ3v) is 2.68. The fourth-order valence-electron chi connectivity index (χ4n) is 1.83. The van der Waals surface area contributed by atoms with E-state index in [0.717, 1.165) is 22.4 Å². The molecule has 0 saturated heterocycles. The molecular formula is C14H13N3O. The third kappa shape index (κ3) is 2.00. The molecule has 0 aliphatic carbocycles. The van der Waals surface area contributed by atoms with E-state index < -0.39 is 0 Å². The normalized spacial score (nSPS) is 10.7. The van der Waals surface area contributed by atoms with E-state index in [4.69, 9.17) is 10.2 Å². The summed E-state index contributed by atoms with van der Waals surface area (Å²) in [6, 6.07) is 13.9. The van der Waals surface area contributed by atoms with Crippen LogP contribution in [-0.4, -0.2) is 4.98 Å². The number of nitrogens with two attached hydrogens (primary N) is 1. The Hall–Kier alpha value is -2.49. The highest BCUT2D eigenvalue weighted by Crippen LogP contribution is 2.23. The van der Waals surface area contributed by atoms with E-state index in [1.165, 1.54) is 0 Å². The Labute approximate surface area is 104 Å². The molecule has 0 bridgehead atoms. The molecule has 90 valence electrons. The summed E-state index contributed by atoms with van der Waals surface area (Å²) in [5, 5.41) is 3.10. The molecule has 0 spiro atoms. The maximum atomic E-state index is 5.72. The summed E-state index contributed by atoms with van der Waals surface area (Å²) >= 11 is 0. The average molecular weight is 239 g/mol. The Bertz CT molecular complexity index is 703. The molecule has 0 saturated carbocycles. The van der Waals surface area contributed by atoms with Gasteiger partial charge in [-0.15, -0.1) is 0 Å². The first-order valence-corrected chi connectivity index (χ1v) is 5.70. The lowest BCUT2D eigenvalue weighted by atomic mass is 10.2. The minimum Gasteiger partial charge on any atom is -0.423 e. The minimum absolute atomic E-state index is 0.473. The van der Waals surface area contributed by atoms with Gasteiger partial charge >= 0.3 is 0 Å². The molecule has 0 atom stereocenters. The van der Waals surface area contributed by atoms with Gasteiger partial charge in [-0.1, -0.05) is 12.1 Å². The molecule has 3 rings (SSSR count). The second kappa shape index (κ2) is 4.07. The van der Waals surface area contributed by atoms with Gasteiger partial charge in [0, 0.05) is 11.4 Å². The molecule has 4 nitrogen and oxygen atoms in total. The molecule has 2 aromatic carbocycles. The van der Waals surface area contributed by atoms with Crippen LogP contribution in [0.3, 0.4) is 0 Å². The van der Waals surface area contributed by atoms with Crippen LogP contribution in [0.25, 0.3) is 11.1 Å². The predicted molar refractivity (Wildman–Crippen MR) is 72.9 cm³/mol. The molecule has 0 amide bonds. The number of nitrogens with one attached hydrogen (secondary N) is 1. The van der Waals surface area contributed by atoms with Crippen LogP contribution in [0, 0.1) is 6.92 Å². The molecular weight excluding hydrogens is 226 g/mol. The Morgan fingerprint density at radius 3 is 2.89 bits per heavy atom. The van der Waals surface area contributed by atoms with Crippen molar-refractivity contribution in [1.29, 1.82) is 0 Å². The van der Waals surface area contributed by atoms with Crippen molar-refractivity contribution in [2.45, 2.75) is 6.92 Å². The van der Waals surface area contributed by atoms with Gasteiger partial charge in [0.2, 0.25) is 0 Å². The number of rotatable bonds is 2. The number of aromatic nitrogens is 1. The summed E-state index contributed by atoms with van der Waals surface area (Å²) in [6.45, 7) is 2.02. The van der Waals surface area contributed by atoms with Crippen LogP contribution in [0.4, 0.5) is 17.4 Å². The van der Waals surface area contributed by atoms with Gasteiger partial charge < -0.3 is 15.5 Å². The maximum Gasteiger partial charge on any atom is 0.300 e. The van der Waals surface area contributed by atoms with Crippen LogP contribution in [0.5, 0.6) is 0 Å². The van der Waals surface area contributed by atoms with Crippen molar-refractivity contribution in [3.05, 3.63) is 48.0 Å². The van der Waals surface area contributed by atoms with Gasteiger partial charge in [-0.05, 0) is 42.8 Å². The zero-order valence-electron chi connectivity index (χ0n) is 9.97. The van der Waals surface area contributed by atoms with Crippen LogP contribution in [0.1, 0.15) is 5.56 Å². The third-order valence-electron chi connectivity index (χ3n) is 2.68. The van der Waals surface area contributed by atoms with Crippen LogP contribution in [0.15, 0.2) is 46.9 Å². The fourth-order valence-corrected chi connectivity index (χ4v) is 1.83. The zero-order chi connectivity index (χ0) is 12.5. The average Bonchev–Trinajstić information content (AvgIpc) is 2.70. The van der Waals surface area contributed by atoms with Crippen molar-refractivity contribution in [3.8, 4) is 0 Å². The van der Waals surface area contributed by atoms with Gasteiger partial charge in [-0.3, -0.25) is 0 Å². The lowest BCUT2D eigenvalue weighted by Gasteiger charge is -2.01. The number of fused-ring (bicyclic) bond motifs is 1. The van der Waals surface area contributed by atoms with Crippen LogP contribution in [-0.2, 0) is 0 Å². The van der Waals surface area contributed by atoms with Crippen LogP contribution < -0.4 is 11.1 Å². The van der Waals surface area contributed by atoms with E-state index in [0.29, 0.717) is 11.7 Å². The number of anilines is 3. The number of benzene rings is 2. The summed E-state index contributed by atoms with van der Waals surface area (Å²) < 4.78 is 5.63. The number of aryl methyl sites for hydroxylation is 1. The molecule has 0 aliphatic heterocycles. The van der Waals surface area contributed by atoms with E-state index in [-0.39, 0.29) is 0 Å². The predicted octanol–water partition coefficient (Wildman–Crippen LogP) is 3.46. The van der Waals surface area contributed by atoms with Crippen molar-refractivity contribution in [2.75, 3.05) is 11.1 Å². The van der Waals surface area contributed by atoms with Crippen molar-refractivity contribution in [3.63, 3.8) is 0 Å². The van der Waals surface area contributed by atoms with E-state index in [1.54, 1.807) is 0 Å². The van der Waals surface area contributed by atoms with Gasteiger partial charge in [-0.2, -0.15) is 4.98 Å². The molecule has 0 fully saturated rings. The summed E-state index contributed by atoms with van der Waals surface area (Å²) in [6.07, 6.45) is 0. The van der Waals surface area contributed by atoms with Gasteiger partial charge in [-0.25, -0.2) is 0 Å². The van der Waals surface area contributed by atoms with Crippen LogP contribution >= 0.6 is 0 Å². The lowest BCUT2D eigenvalue weighted by Crippen LogP contribution is -1.91. The van der Waals surface area contributed by atoms with E-state index in [2.05, 4.69) is 10.3 Å². The first-order valence-electron chi connectivity index (χ1n) is 5.70. The van der Waals surface area contributed by atoms with Gasteiger partial charge in [0.15, 0.2) is 5.58 Å². The highest BCUT2D eigenvalue weighted by Gasteiger charge is 2.05. The molecule has 18 heavy (non-hydrogen) atoms. The maximum absolute atomic E-state index is 5.72. The lowest BCUT2D eigenvalue weighted by molar-refractivity contribution is 0.623. The van der Waals surface area contributed by atoms with E-state index >= 15 is 0 Å². The number of hydrogen-bond donors (Lipinski definition) is 2. The molecule has 0 unspecified atom stereocenters. The summed E-state index contributed by atoms with van der Waals surface area (Å²) in [4.78, 5) is 4.36. The molecule has 1 heterocycles. The van der Waals surface area contributed by atoms with Gasteiger partial charge in [0.1, 0.15) is 5.52 Å². The summed E-state index contributed by atoms with van der Waals surface area (Å²) in [7, 11) is 0. The standard InChI is InChI=1S/C14H13N3O/c1-9-5-6-12-13(7-9)18-14(17-12)16-11-4-2-3-10(15)8-11/h2-8H,15H2,1H3,(H,16,17). The van der Waals surface area contributed by atoms with Crippen molar-refractivity contribution in [2.24, 2.45) is 0 Å². The van der Waals surface area contributed by atoms with Crippen LogP contribution in [0.2, 0.25) is 0 Å². The second-order valence-electron chi connectivity index (χ2n) is 4.24. The molecule has 3 N–H and O–H groups in total. The molecule has 0 aliphatic rings. The molecule has 3 aromatic rings. The summed E-state index contributed by atoms with van der Waals surface area (Å²) in [5.41, 5.74) is 10.0. The largest absolute Gasteiger partial charge is 0.423 e. The highest BCUT2D eigenvalue weighted by atomic mass is 16.4. The molecule has 1 aromatic heterocycles. The Kier molecular flexibility index (Phi) is 2.41. The first kappa shape index (κ1) is 10.7. The number of hydrogen-bond acceptors (Lipinski definition) is 4. The second-order valence-corrected chi connectivity index (χ2v) is 4.24. The highest BCUT2D eigenvalue weighted by molar-refractivity contribution is 5.76. The first-order chi connectivity index (χ1) is 8.70. The van der Waals surface area contributed by atoms with Crippen molar-refractivity contribution in [1.82, 2.24) is 4.98 Å². The summed E-state index contributed by atoms with van der Waals surface area (Å²) in [5.74, 6) is 0. The zero-order valence-corrected chi connectivity index (χ0v) is 9.97. The molecule has 4 heteroatoms. The number of nitrogens with zero attached hydrogens (tertiary/aromatic N) is 1. The Morgan fingerprint density at radius 2 is 2.06 bits per heavy atom. The fraction of sp³-hybridized carbons (Fsp3) is 0.0714. The minimum atomic E-state index is 0.473. The Balaban J connectivity index is 1.95. The molecule has 0 radical (unpaired) electrons. The van der Waals surface area contributed by atoms with Gasteiger partial charge in [0.05, 0.1) is 0 Å². The Morgan fingerprint density at radius 1 is 1.17 bits per heavy atom. The van der Waals surface area contributed by atoms with E-state index in [1.807, 2.05) is 49.4 Å². The monoisotopic (exact) mass is 239 g/mol. The quantitative estimate of drug-likeness (QED) is 0.672. The smallest absolute Gasteiger partial charge is 0.300 e. The van der Waals surface area contributed by atoms with Crippen molar-refractivity contribution >= 4 is 28.5 Å². The SMILES string of the molecule is Cc1ccc2nc(Nc3cccc(N)c3)oc2c1. The van der Waals surface area contributed by atoms with Gasteiger partial charge in [0.25, 0.3) is 6.01 Å².